The zero-order valence-electron chi connectivity index (χ0n) is 19.2. The maximum Gasteiger partial charge on any atom is 0.322 e. The Morgan fingerprint density at radius 3 is 2.53 bits per heavy atom. The minimum atomic E-state index is -3.91. The van der Waals surface area contributed by atoms with E-state index in [1.807, 2.05) is 42.7 Å². The Morgan fingerprint density at radius 1 is 1.15 bits per heavy atom. The van der Waals surface area contributed by atoms with E-state index in [-0.39, 0.29) is 17.0 Å². The van der Waals surface area contributed by atoms with Crippen LogP contribution in [-0.2, 0) is 16.6 Å². The Balaban J connectivity index is 1.59. The summed E-state index contributed by atoms with van der Waals surface area (Å²) in [5.41, 5.74) is 2.73. The van der Waals surface area contributed by atoms with Crippen molar-refractivity contribution in [2.75, 3.05) is 11.9 Å². The Morgan fingerprint density at radius 2 is 1.85 bits per heavy atom. The fourth-order valence-corrected chi connectivity index (χ4v) is 5.27. The standard InChI is InChI=1S/C23H27ClN6O3S/c1-14-11-15(2)21(34(25,32)33)12-19(14)26-23(31)29-10-4-5-20(29)22-28-27-16(3)30(22)13-17-6-8-18(24)9-7-17/h6-9,11-12,20H,4-5,10,13H2,1-3H3,(H,26,31)(H2,25,32,33)/t20-/m1/s1. The summed E-state index contributed by atoms with van der Waals surface area (Å²) in [6.45, 7) is 6.48. The van der Waals surface area contributed by atoms with Gasteiger partial charge in [-0.05, 0) is 68.5 Å². The molecule has 3 aromatic rings. The Labute approximate surface area is 204 Å². The maximum absolute atomic E-state index is 13.3. The molecule has 1 aromatic heterocycles. The lowest BCUT2D eigenvalue weighted by molar-refractivity contribution is 0.203. The van der Waals surface area contributed by atoms with Crippen LogP contribution in [0.2, 0.25) is 5.02 Å². The lowest BCUT2D eigenvalue weighted by Crippen LogP contribution is -2.36. The number of sulfonamides is 1. The van der Waals surface area contributed by atoms with Crippen molar-refractivity contribution < 1.29 is 13.2 Å². The zero-order chi connectivity index (χ0) is 24.6. The van der Waals surface area contributed by atoms with Gasteiger partial charge in [-0.15, -0.1) is 10.2 Å². The van der Waals surface area contributed by atoms with E-state index in [0.717, 1.165) is 29.8 Å². The van der Waals surface area contributed by atoms with Gasteiger partial charge in [0.25, 0.3) is 0 Å². The number of amides is 2. The van der Waals surface area contributed by atoms with Crippen LogP contribution in [-0.4, -0.2) is 40.7 Å². The molecule has 9 nitrogen and oxygen atoms in total. The molecule has 2 heterocycles. The van der Waals surface area contributed by atoms with E-state index >= 15 is 0 Å². The Bertz CT molecular complexity index is 1340. The molecule has 0 bridgehead atoms. The number of halogens is 1. The highest BCUT2D eigenvalue weighted by Crippen LogP contribution is 2.33. The van der Waals surface area contributed by atoms with Crippen LogP contribution in [0.3, 0.4) is 0 Å². The Hall–Kier alpha value is -2.95. The average molecular weight is 503 g/mol. The molecule has 11 heteroatoms. The first kappa shape index (κ1) is 24.2. The normalized spacial score (nSPS) is 16.1. The summed E-state index contributed by atoms with van der Waals surface area (Å²) in [6.07, 6.45) is 1.57. The van der Waals surface area contributed by atoms with Gasteiger partial charge in [-0.3, -0.25) is 0 Å². The summed E-state index contributed by atoms with van der Waals surface area (Å²) in [7, 11) is -3.91. The lowest BCUT2D eigenvalue weighted by atomic mass is 10.1. The van der Waals surface area contributed by atoms with E-state index in [9.17, 15) is 13.2 Å². The van der Waals surface area contributed by atoms with Crippen molar-refractivity contribution in [3.8, 4) is 0 Å². The number of aryl methyl sites for hydroxylation is 3. The van der Waals surface area contributed by atoms with Crippen LogP contribution in [0.5, 0.6) is 0 Å². The third-order valence-electron chi connectivity index (χ3n) is 6.10. The van der Waals surface area contributed by atoms with Crippen LogP contribution in [0.4, 0.5) is 10.5 Å². The van der Waals surface area contributed by atoms with E-state index in [1.165, 1.54) is 6.07 Å². The molecule has 0 aliphatic carbocycles. The fourth-order valence-electron chi connectivity index (χ4n) is 4.35. The molecule has 2 aromatic carbocycles. The number of hydrogen-bond acceptors (Lipinski definition) is 5. The smallest absolute Gasteiger partial charge is 0.314 e. The first-order chi connectivity index (χ1) is 16.0. The first-order valence-electron chi connectivity index (χ1n) is 10.9. The number of rotatable bonds is 5. The minimum Gasteiger partial charge on any atom is -0.314 e. The Kier molecular flexibility index (Phi) is 6.66. The van der Waals surface area contributed by atoms with Crippen LogP contribution in [0.1, 0.15) is 47.2 Å². The highest BCUT2D eigenvalue weighted by molar-refractivity contribution is 7.89. The second-order valence-electron chi connectivity index (χ2n) is 8.58. The molecule has 4 rings (SSSR count). The number of nitrogens with two attached hydrogens (primary N) is 1. The van der Waals surface area contributed by atoms with Crippen molar-refractivity contribution >= 4 is 33.3 Å². The van der Waals surface area contributed by atoms with E-state index in [0.29, 0.717) is 35.2 Å². The topological polar surface area (TPSA) is 123 Å². The zero-order valence-corrected chi connectivity index (χ0v) is 20.8. The summed E-state index contributed by atoms with van der Waals surface area (Å²) in [5, 5.41) is 17.5. The third kappa shape index (κ3) is 4.94. The van der Waals surface area contributed by atoms with Crippen molar-refractivity contribution in [2.24, 2.45) is 5.14 Å². The number of primary sulfonamides is 1. The van der Waals surface area contributed by atoms with E-state index in [4.69, 9.17) is 16.7 Å². The van der Waals surface area contributed by atoms with Crippen LogP contribution in [0, 0.1) is 20.8 Å². The summed E-state index contributed by atoms with van der Waals surface area (Å²) in [4.78, 5) is 15.0. The number of carbonyl (C=O) groups is 1. The quantitative estimate of drug-likeness (QED) is 0.547. The van der Waals surface area contributed by atoms with Gasteiger partial charge in [-0.2, -0.15) is 0 Å². The average Bonchev–Trinajstić information content (AvgIpc) is 3.38. The highest BCUT2D eigenvalue weighted by Gasteiger charge is 2.34. The van der Waals surface area contributed by atoms with E-state index in [1.54, 1.807) is 17.9 Å². The number of carbonyl (C=O) groups excluding carboxylic acids is 1. The minimum absolute atomic E-state index is 0.00953. The van der Waals surface area contributed by atoms with Gasteiger partial charge in [-0.1, -0.05) is 29.8 Å². The monoisotopic (exact) mass is 502 g/mol. The van der Waals surface area contributed by atoms with Gasteiger partial charge < -0.3 is 14.8 Å². The summed E-state index contributed by atoms with van der Waals surface area (Å²) in [6, 6.07) is 10.1. The first-order valence-corrected chi connectivity index (χ1v) is 12.8. The maximum atomic E-state index is 13.3. The number of benzene rings is 2. The molecular formula is C23H27ClN6O3S. The molecule has 1 aliphatic heterocycles. The van der Waals surface area contributed by atoms with Gasteiger partial charge in [0.15, 0.2) is 5.82 Å². The number of nitrogens with zero attached hydrogens (tertiary/aromatic N) is 4. The van der Waals surface area contributed by atoms with Gasteiger partial charge in [0, 0.05) is 17.3 Å². The van der Waals surface area contributed by atoms with Crippen LogP contribution in [0.15, 0.2) is 41.3 Å². The molecule has 0 unspecified atom stereocenters. The predicted molar refractivity (Wildman–Crippen MR) is 130 cm³/mol. The molecule has 0 saturated carbocycles. The number of anilines is 1. The number of aromatic nitrogens is 3. The van der Waals surface area contributed by atoms with Crippen LogP contribution in [0.25, 0.3) is 0 Å². The van der Waals surface area contributed by atoms with Crippen molar-refractivity contribution in [3.63, 3.8) is 0 Å². The molecule has 3 N–H and O–H groups in total. The van der Waals surface area contributed by atoms with Crippen molar-refractivity contribution in [2.45, 2.75) is 51.1 Å². The van der Waals surface area contributed by atoms with Crippen molar-refractivity contribution in [1.29, 1.82) is 0 Å². The molecular weight excluding hydrogens is 476 g/mol. The van der Waals surface area contributed by atoms with Gasteiger partial charge in [0.1, 0.15) is 5.82 Å². The molecule has 0 spiro atoms. The number of nitrogens with one attached hydrogen (secondary N) is 1. The predicted octanol–water partition coefficient (Wildman–Crippen LogP) is 3.92. The summed E-state index contributed by atoms with van der Waals surface area (Å²) >= 11 is 6.01. The van der Waals surface area contributed by atoms with Crippen molar-refractivity contribution in [1.82, 2.24) is 19.7 Å². The fraction of sp³-hybridized carbons (Fsp3) is 0.348. The van der Waals surface area contributed by atoms with Crippen LogP contribution < -0.4 is 10.5 Å². The number of hydrogen-bond donors (Lipinski definition) is 2. The van der Waals surface area contributed by atoms with Gasteiger partial charge in [0.05, 0.1) is 17.5 Å². The SMILES string of the molecule is Cc1cc(C)c(S(N)(=O)=O)cc1NC(=O)N1CCC[C@@H]1c1nnc(C)n1Cc1ccc(Cl)cc1. The van der Waals surface area contributed by atoms with Crippen molar-refractivity contribution in [3.05, 3.63) is 69.8 Å². The second-order valence-corrected chi connectivity index (χ2v) is 10.5. The molecule has 180 valence electrons. The lowest BCUT2D eigenvalue weighted by Gasteiger charge is -2.25. The second kappa shape index (κ2) is 9.36. The number of urea groups is 1. The van der Waals surface area contributed by atoms with Gasteiger partial charge >= 0.3 is 6.03 Å². The molecule has 1 saturated heterocycles. The highest BCUT2D eigenvalue weighted by atomic mass is 35.5. The molecule has 1 atom stereocenters. The molecule has 2 amide bonds. The largest absolute Gasteiger partial charge is 0.322 e. The van der Waals surface area contributed by atoms with E-state index in [2.05, 4.69) is 15.5 Å². The summed E-state index contributed by atoms with van der Waals surface area (Å²) in [5.74, 6) is 1.47. The summed E-state index contributed by atoms with van der Waals surface area (Å²) < 4.78 is 25.9. The van der Waals surface area contributed by atoms with Gasteiger partial charge in [0.2, 0.25) is 10.0 Å². The molecule has 0 radical (unpaired) electrons. The molecule has 1 fully saturated rings. The number of likely N-dealkylation sites (tertiary alicyclic amines) is 1. The van der Waals surface area contributed by atoms with Gasteiger partial charge in [-0.25, -0.2) is 18.4 Å². The van der Waals surface area contributed by atoms with E-state index < -0.39 is 10.0 Å². The third-order valence-corrected chi connectivity index (χ3v) is 7.40. The molecule has 1 aliphatic rings. The molecule has 34 heavy (non-hydrogen) atoms. The van der Waals surface area contributed by atoms with Crippen LogP contribution >= 0.6 is 11.6 Å².